The number of anilines is 1. The second-order valence-electron chi connectivity index (χ2n) is 14.9. The number of hydrogen-bond donors (Lipinski definition) is 2. The maximum Gasteiger partial charge on any atom is 0.264 e. The van der Waals surface area contributed by atoms with Gasteiger partial charge in [-0.3, -0.25) is 9.69 Å². The van der Waals surface area contributed by atoms with Gasteiger partial charge in [-0.1, -0.05) is 42.5 Å². The topological polar surface area (TPSA) is 108 Å². The Morgan fingerprint density at radius 3 is 2.73 bits per heavy atom. The highest BCUT2D eigenvalue weighted by molar-refractivity contribution is 7.90. The Hall–Kier alpha value is -3.07. The molecule has 2 fully saturated rings. The van der Waals surface area contributed by atoms with Crippen LogP contribution in [0.3, 0.4) is 0 Å². The van der Waals surface area contributed by atoms with Crippen LogP contribution in [-0.4, -0.2) is 87.7 Å². The van der Waals surface area contributed by atoms with E-state index < -0.39 is 26.8 Å². The Morgan fingerprint density at radius 1 is 1.20 bits per heavy atom. The first-order chi connectivity index (χ1) is 24.4. The molecule has 2 N–H and O–H groups in total. The van der Waals surface area contributed by atoms with Crippen molar-refractivity contribution >= 4 is 33.2 Å². The summed E-state index contributed by atoms with van der Waals surface area (Å²) in [5, 5.41) is 12.1. The second-order valence-corrected chi connectivity index (χ2v) is 17.6. The Kier molecular flexibility index (Phi) is 11.7. The summed E-state index contributed by atoms with van der Waals surface area (Å²) in [5.74, 6) is 6.65. The van der Waals surface area contributed by atoms with E-state index in [1.54, 1.807) is 18.2 Å². The van der Waals surface area contributed by atoms with Gasteiger partial charge >= 0.3 is 0 Å². The van der Waals surface area contributed by atoms with Crippen LogP contribution < -0.4 is 14.4 Å². The molecule has 4 atom stereocenters. The summed E-state index contributed by atoms with van der Waals surface area (Å²) in [5.41, 5.74) is 1.88. The van der Waals surface area contributed by atoms with Crippen LogP contribution in [0.25, 0.3) is 0 Å². The Balaban J connectivity index is 1.31. The van der Waals surface area contributed by atoms with E-state index >= 15 is 0 Å². The highest BCUT2D eigenvalue weighted by Crippen LogP contribution is 2.48. The number of fused-ring (bicyclic) bond motifs is 3. The summed E-state index contributed by atoms with van der Waals surface area (Å²) in [6, 6.07) is 11.3. The van der Waals surface area contributed by atoms with Gasteiger partial charge in [0.25, 0.3) is 5.91 Å². The van der Waals surface area contributed by atoms with Crippen LogP contribution in [-0.2, 0) is 26.6 Å². The lowest BCUT2D eigenvalue weighted by Gasteiger charge is -2.47. The number of allylic oxidation sites excluding steroid dienone is 1. The minimum atomic E-state index is -3.82. The van der Waals surface area contributed by atoms with Crippen molar-refractivity contribution in [2.24, 2.45) is 11.8 Å². The fourth-order valence-corrected chi connectivity index (χ4v) is 8.82. The number of morpholine rings is 1. The number of carbonyl (C=O) groups is 1. The number of sulfonamides is 1. The third-order valence-corrected chi connectivity index (χ3v) is 13.1. The molecule has 1 saturated carbocycles. The van der Waals surface area contributed by atoms with Gasteiger partial charge in [-0.15, -0.1) is 0 Å². The minimum Gasteiger partial charge on any atom is -0.490 e. The van der Waals surface area contributed by atoms with E-state index in [1.807, 2.05) is 18.2 Å². The Bertz CT molecular complexity index is 1780. The molecule has 276 valence electrons. The molecule has 6 rings (SSSR count). The smallest absolute Gasteiger partial charge is 0.264 e. The molecule has 1 saturated heterocycles. The van der Waals surface area contributed by atoms with Gasteiger partial charge in [0, 0.05) is 61.1 Å². The molecule has 9 nitrogen and oxygen atoms in total. The van der Waals surface area contributed by atoms with Crippen molar-refractivity contribution < 1.29 is 27.8 Å². The maximum absolute atomic E-state index is 13.3. The predicted octanol–water partition coefficient (Wildman–Crippen LogP) is 5.73. The number of aliphatic hydroxyl groups is 1. The highest BCUT2D eigenvalue weighted by Gasteiger charge is 2.47. The highest BCUT2D eigenvalue weighted by atomic mass is 35.5. The number of nitrogens with zero attached hydrogens (tertiary/aromatic N) is 2. The van der Waals surface area contributed by atoms with Gasteiger partial charge in [0.15, 0.2) is 0 Å². The molecular formula is C40H52ClN3O6S. The molecule has 2 aromatic rings. The standard InChI is InChI=1S/C40H52ClN3O6S/c1-4-5-17-40(46,18-6-7-19-43-20-22-49-23-21-43)35-13-10-32(35)26-44-27-39(16-8-9-30-24-33(41)12-14-34(30)39)28-50-37-15-11-31(25-36(37)44)38(45)42-51(47,48)29(2)3/h5,11-12,14-15,17,24-25,29,32,35,46H,4,7-10,13,16,19-23,26-28H2,1-3H3,(H,42,45)/b17-5+/t32-,35+,39-,40-/m0/s1. The quantitative estimate of drug-likeness (QED) is 0.235. The molecular weight excluding hydrogens is 686 g/mol. The van der Waals surface area contributed by atoms with Gasteiger partial charge in [-0.25, -0.2) is 13.1 Å². The monoisotopic (exact) mass is 737 g/mol. The Morgan fingerprint density at radius 2 is 2.00 bits per heavy atom. The second kappa shape index (κ2) is 15.9. The van der Waals surface area contributed by atoms with Gasteiger partial charge in [0.2, 0.25) is 10.0 Å². The van der Waals surface area contributed by atoms with Gasteiger partial charge in [0.1, 0.15) is 11.4 Å². The normalized spacial score (nSPS) is 24.8. The van der Waals surface area contributed by atoms with Crippen LogP contribution in [0.15, 0.2) is 48.6 Å². The van der Waals surface area contributed by atoms with Crippen LogP contribution in [0, 0.1) is 23.7 Å². The molecule has 4 aliphatic rings. The van der Waals surface area contributed by atoms with Gasteiger partial charge < -0.3 is 19.5 Å². The van der Waals surface area contributed by atoms with Crippen molar-refractivity contribution in [1.82, 2.24) is 9.62 Å². The predicted molar refractivity (Wildman–Crippen MR) is 202 cm³/mol. The van der Waals surface area contributed by atoms with E-state index in [2.05, 4.69) is 45.4 Å². The summed E-state index contributed by atoms with van der Waals surface area (Å²) in [4.78, 5) is 18.0. The number of benzene rings is 2. The Labute approximate surface area is 308 Å². The largest absolute Gasteiger partial charge is 0.490 e. The SMILES string of the molecule is CC/C=C/[C@](O)(C#CCCN1CCOCC1)[C@@H]1CC[C@H]1CN1C[C@@]2(CCCc3cc(Cl)ccc32)COc2ccc(C(=O)NS(=O)(=O)C(C)C)cc21. The third kappa shape index (κ3) is 8.44. The van der Waals surface area contributed by atoms with Crippen molar-refractivity contribution in [2.75, 3.05) is 57.4 Å². The number of halogens is 1. The number of hydrogen-bond acceptors (Lipinski definition) is 8. The van der Waals surface area contributed by atoms with Gasteiger partial charge in [-0.2, -0.15) is 0 Å². The molecule has 2 aromatic carbocycles. The molecule has 0 radical (unpaired) electrons. The van der Waals surface area contributed by atoms with E-state index in [-0.39, 0.29) is 22.8 Å². The molecule has 51 heavy (non-hydrogen) atoms. The first kappa shape index (κ1) is 37.7. The first-order valence-corrected chi connectivity index (χ1v) is 20.4. The van der Waals surface area contributed by atoms with Crippen molar-refractivity contribution in [1.29, 1.82) is 0 Å². The molecule has 0 bridgehead atoms. The average molecular weight is 738 g/mol. The van der Waals surface area contributed by atoms with E-state index in [0.717, 1.165) is 82.1 Å². The molecule has 1 spiro atoms. The van der Waals surface area contributed by atoms with Gasteiger partial charge in [-0.05, 0) is 106 Å². The molecule has 0 unspecified atom stereocenters. The van der Waals surface area contributed by atoms with Crippen LogP contribution in [0.2, 0.25) is 5.02 Å². The van der Waals surface area contributed by atoms with Crippen molar-refractivity contribution in [3.63, 3.8) is 0 Å². The van der Waals surface area contributed by atoms with Crippen LogP contribution >= 0.6 is 11.6 Å². The fraction of sp³-hybridized carbons (Fsp3) is 0.575. The van der Waals surface area contributed by atoms with Crippen LogP contribution in [0.1, 0.15) is 80.8 Å². The molecule has 11 heteroatoms. The first-order valence-electron chi connectivity index (χ1n) is 18.5. The van der Waals surface area contributed by atoms with E-state index in [0.29, 0.717) is 31.9 Å². The summed E-state index contributed by atoms with van der Waals surface area (Å²) >= 11 is 6.46. The van der Waals surface area contributed by atoms with E-state index in [1.165, 1.54) is 25.0 Å². The number of ether oxygens (including phenoxy) is 2. The number of rotatable bonds is 10. The minimum absolute atomic E-state index is 0.0696. The zero-order chi connectivity index (χ0) is 36.2. The van der Waals surface area contributed by atoms with E-state index in [4.69, 9.17) is 21.1 Å². The number of carbonyl (C=O) groups excluding carboxylic acids is 1. The molecule has 2 aliphatic carbocycles. The third-order valence-electron chi connectivity index (χ3n) is 11.1. The van der Waals surface area contributed by atoms with Crippen molar-refractivity contribution in [3.05, 3.63) is 70.3 Å². The number of aryl methyl sites for hydroxylation is 1. The lowest BCUT2D eigenvalue weighted by atomic mass is 9.64. The fourth-order valence-electron chi connectivity index (χ4n) is 8.01. The summed E-state index contributed by atoms with van der Waals surface area (Å²) in [6.07, 6.45) is 10.0. The molecule has 2 aliphatic heterocycles. The van der Waals surface area contributed by atoms with Gasteiger partial charge in [0.05, 0.1) is 30.8 Å². The molecule has 1 amide bonds. The lowest BCUT2D eigenvalue weighted by Crippen LogP contribution is -2.52. The molecule has 2 heterocycles. The van der Waals surface area contributed by atoms with Crippen LogP contribution in [0.5, 0.6) is 5.75 Å². The zero-order valence-corrected chi connectivity index (χ0v) is 31.7. The zero-order valence-electron chi connectivity index (χ0n) is 30.1. The average Bonchev–Trinajstić information content (AvgIpc) is 3.24. The van der Waals surface area contributed by atoms with Crippen LogP contribution in [0.4, 0.5) is 5.69 Å². The van der Waals surface area contributed by atoms with Crippen molar-refractivity contribution in [2.45, 2.75) is 82.0 Å². The summed E-state index contributed by atoms with van der Waals surface area (Å²) in [6.45, 7) is 11.0. The van der Waals surface area contributed by atoms with Crippen molar-refractivity contribution in [3.8, 4) is 17.6 Å². The molecule has 0 aromatic heterocycles. The maximum atomic E-state index is 13.3. The van der Waals surface area contributed by atoms with E-state index in [9.17, 15) is 18.3 Å². The summed E-state index contributed by atoms with van der Waals surface area (Å²) < 4.78 is 39.6. The number of nitrogens with one attached hydrogen (secondary N) is 1. The summed E-state index contributed by atoms with van der Waals surface area (Å²) in [7, 11) is -3.82. The lowest BCUT2D eigenvalue weighted by molar-refractivity contribution is -0.00325. The number of amides is 1.